The van der Waals surface area contributed by atoms with Crippen molar-refractivity contribution in [3.63, 3.8) is 0 Å². The monoisotopic (exact) mass is 296 g/mol. The summed E-state index contributed by atoms with van der Waals surface area (Å²) in [6, 6.07) is 2.97. The van der Waals surface area contributed by atoms with Crippen LogP contribution in [0.25, 0.3) is 0 Å². The molecular weight excluding hydrogens is 280 g/mol. The number of benzene rings is 1. The Bertz CT molecular complexity index is 558. The van der Waals surface area contributed by atoms with E-state index < -0.39 is 30.2 Å². The molecule has 4 N–H and O–H groups in total. The standard InChI is InChI=1S/C13H16N2O6/c1-20-9-4-3-7(5-10(9)21-2)12(17)15-8(13(18)19)6-11(14)16/h3-5,8H,6H2,1-2H3,(H2,14,16)(H,15,17)(H,18,19)/t8-/m0/s1. The Kier molecular flexibility index (Phi) is 5.53. The molecule has 1 atom stereocenters. The van der Waals surface area contributed by atoms with Crippen LogP contribution in [0.5, 0.6) is 11.5 Å². The van der Waals surface area contributed by atoms with Crippen LogP contribution in [0.4, 0.5) is 0 Å². The van der Waals surface area contributed by atoms with Crippen LogP contribution >= 0.6 is 0 Å². The van der Waals surface area contributed by atoms with Crippen molar-refractivity contribution in [1.29, 1.82) is 0 Å². The number of nitrogens with two attached hydrogens (primary N) is 1. The smallest absolute Gasteiger partial charge is 0.326 e. The van der Waals surface area contributed by atoms with Crippen LogP contribution in [0, 0.1) is 0 Å². The van der Waals surface area contributed by atoms with Gasteiger partial charge in [0.15, 0.2) is 11.5 Å². The van der Waals surface area contributed by atoms with Crippen LogP contribution in [0.3, 0.4) is 0 Å². The number of carbonyl (C=O) groups excluding carboxylic acids is 2. The molecule has 0 saturated carbocycles. The fourth-order valence-electron chi connectivity index (χ4n) is 1.62. The van der Waals surface area contributed by atoms with Crippen LogP contribution in [0.15, 0.2) is 18.2 Å². The van der Waals surface area contributed by atoms with E-state index in [4.69, 9.17) is 20.3 Å². The number of hydrogen-bond donors (Lipinski definition) is 3. The minimum Gasteiger partial charge on any atom is -0.493 e. The average molecular weight is 296 g/mol. The zero-order chi connectivity index (χ0) is 16.0. The summed E-state index contributed by atoms with van der Waals surface area (Å²) >= 11 is 0. The van der Waals surface area contributed by atoms with E-state index >= 15 is 0 Å². The zero-order valence-corrected chi connectivity index (χ0v) is 11.6. The Hall–Kier alpha value is -2.77. The molecule has 0 saturated heterocycles. The molecule has 0 aliphatic carbocycles. The highest BCUT2D eigenvalue weighted by Gasteiger charge is 2.23. The summed E-state index contributed by atoms with van der Waals surface area (Å²) in [5, 5.41) is 11.2. The molecule has 0 heterocycles. The number of ether oxygens (including phenoxy) is 2. The molecule has 1 rings (SSSR count). The second kappa shape index (κ2) is 7.13. The Morgan fingerprint density at radius 2 is 1.86 bits per heavy atom. The quantitative estimate of drug-likeness (QED) is 0.637. The molecule has 0 aromatic heterocycles. The lowest BCUT2D eigenvalue weighted by Gasteiger charge is -2.14. The van der Waals surface area contributed by atoms with E-state index in [-0.39, 0.29) is 5.56 Å². The number of primary amides is 1. The highest BCUT2D eigenvalue weighted by molar-refractivity contribution is 5.98. The molecule has 0 aliphatic heterocycles. The molecule has 8 heteroatoms. The fraction of sp³-hybridized carbons (Fsp3) is 0.308. The summed E-state index contributed by atoms with van der Waals surface area (Å²) in [7, 11) is 2.86. The molecule has 0 bridgehead atoms. The van der Waals surface area contributed by atoms with Crippen LogP contribution in [-0.2, 0) is 9.59 Å². The Labute approximate surface area is 120 Å². The number of carboxylic acids is 1. The Morgan fingerprint density at radius 1 is 1.24 bits per heavy atom. The molecule has 0 aliphatic rings. The highest BCUT2D eigenvalue weighted by Crippen LogP contribution is 2.27. The van der Waals surface area contributed by atoms with Gasteiger partial charge >= 0.3 is 5.97 Å². The van der Waals surface area contributed by atoms with Gasteiger partial charge in [0.2, 0.25) is 5.91 Å². The molecule has 0 unspecified atom stereocenters. The maximum atomic E-state index is 12.0. The molecule has 1 aromatic carbocycles. The molecular formula is C13H16N2O6. The number of rotatable bonds is 7. The van der Waals surface area contributed by atoms with E-state index in [0.717, 1.165) is 0 Å². The van der Waals surface area contributed by atoms with E-state index in [2.05, 4.69) is 5.32 Å². The van der Waals surface area contributed by atoms with E-state index in [1.54, 1.807) is 0 Å². The van der Waals surface area contributed by atoms with E-state index in [9.17, 15) is 14.4 Å². The summed E-state index contributed by atoms with van der Waals surface area (Å²) in [5.41, 5.74) is 5.11. The molecule has 8 nitrogen and oxygen atoms in total. The number of amides is 2. The summed E-state index contributed by atoms with van der Waals surface area (Å²) in [6.07, 6.45) is -0.492. The van der Waals surface area contributed by atoms with Gasteiger partial charge in [-0.25, -0.2) is 4.79 Å². The first-order valence-corrected chi connectivity index (χ1v) is 5.93. The molecule has 0 fully saturated rings. The molecule has 1 aromatic rings. The number of nitrogens with one attached hydrogen (secondary N) is 1. The minimum absolute atomic E-state index is 0.170. The first-order valence-electron chi connectivity index (χ1n) is 5.93. The van der Waals surface area contributed by atoms with Gasteiger partial charge in [0.25, 0.3) is 5.91 Å². The molecule has 0 spiro atoms. The van der Waals surface area contributed by atoms with Gasteiger partial charge in [-0.2, -0.15) is 0 Å². The Balaban J connectivity index is 2.92. The normalized spacial score (nSPS) is 11.3. The molecule has 21 heavy (non-hydrogen) atoms. The van der Waals surface area contributed by atoms with Crippen LogP contribution in [-0.4, -0.2) is 43.2 Å². The number of carboxylic acid groups (broad SMARTS) is 1. The number of carbonyl (C=O) groups is 3. The van der Waals surface area contributed by atoms with Crippen molar-refractivity contribution >= 4 is 17.8 Å². The first-order chi connectivity index (χ1) is 9.88. The second-order valence-electron chi connectivity index (χ2n) is 4.10. The van der Waals surface area contributed by atoms with Gasteiger partial charge in [-0.15, -0.1) is 0 Å². The summed E-state index contributed by atoms with van der Waals surface area (Å²) in [6.45, 7) is 0. The average Bonchev–Trinajstić information content (AvgIpc) is 2.45. The number of hydrogen-bond acceptors (Lipinski definition) is 5. The molecule has 0 radical (unpaired) electrons. The third kappa shape index (κ3) is 4.37. The van der Waals surface area contributed by atoms with Crippen molar-refractivity contribution in [2.45, 2.75) is 12.5 Å². The lowest BCUT2D eigenvalue weighted by Crippen LogP contribution is -2.43. The van der Waals surface area contributed by atoms with Gasteiger partial charge < -0.3 is 25.6 Å². The van der Waals surface area contributed by atoms with Gasteiger partial charge in [-0.1, -0.05) is 0 Å². The van der Waals surface area contributed by atoms with Crippen molar-refractivity contribution in [2.24, 2.45) is 5.73 Å². The van der Waals surface area contributed by atoms with Crippen molar-refractivity contribution < 1.29 is 29.0 Å². The minimum atomic E-state index is -1.39. The summed E-state index contributed by atoms with van der Waals surface area (Å²) < 4.78 is 10.1. The lowest BCUT2D eigenvalue weighted by molar-refractivity contribution is -0.140. The second-order valence-corrected chi connectivity index (χ2v) is 4.10. The maximum absolute atomic E-state index is 12.0. The fourth-order valence-corrected chi connectivity index (χ4v) is 1.62. The number of aliphatic carboxylic acids is 1. The number of methoxy groups -OCH3 is 2. The third-order valence-corrected chi connectivity index (χ3v) is 2.65. The van der Waals surface area contributed by atoms with Crippen LogP contribution < -0.4 is 20.5 Å². The van der Waals surface area contributed by atoms with Gasteiger partial charge in [-0.05, 0) is 18.2 Å². The van der Waals surface area contributed by atoms with Gasteiger partial charge in [0, 0.05) is 5.56 Å². The molecule has 2 amide bonds. The van der Waals surface area contributed by atoms with E-state index in [1.165, 1.54) is 32.4 Å². The largest absolute Gasteiger partial charge is 0.493 e. The van der Waals surface area contributed by atoms with Crippen molar-refractivity contribution in [3.8, 4) is 11.5 Å². The zero-order valence-electron chi connectivity index (χ0n) is 11.6. The summed E-state index contributed by atoms with van der Waals surface area (Å²) in [4.78, 5) is 33.7. The van der Waals surface area contributed by atoms with Crippen LogP contribution in [0.2, 0.25) is 0 Å². The SMILES string of the molecule is COc1ccc(C(=O)N[C@@H](CC(N)=O)C(=O)O)cc1OC. The van der Waals surface area contributed by atoms with Crippen molar-refractivity contribution in [2.75, 3.05) is 14.2 Å². The van der Waals surface area contributed by atoms with Gasteiger partial charge in [0.1, 0.15) is 6.04 Å². The van der Waals surface area contributed by atoms with Gasteiger partial charge in [0.05, 0.1) is 20.6 Å². The van der Waals surface area contributed by atoms with Crippen molar-refractivity contribution in [3.05, 3.63) is 23.8 Å². The molecule has 114 valence electrons. The van der Waals surface area contributed by atoms with Crippen LogP contribution in [0.1, 0.15) is 16.8 Å². The van der Waals surface area contributed by atoms with Gasteiger partial charge in [-0.3, -0.25) is 9.59 Å². The third-order valence-electron chi connectivity index (χ3n) is 2.65. The highest BCUT2D eigenvalue weighted by atomic mass is 16.5. The van der Waals surface area contributed by atoms with E-state index in [0.29, 0.717) is 11.5 Å². The maximum Gasteiger partial charge on any atom is 0.326 e. The first kappa shape index (κ1) is 16.3. The lowest BCUT2D eigenvalue weighted by atomic mass is 10.1. The topological polar surface area (TPSA) is 128 Å². The van der Waals surface area contributed by atoms with E-state index in [1.807, 2.05) is 0 Å². The predicted octanol–water partition coefficient (Wildman–Crippen LogP) is -0.238. The van der Waals surface area contributed by atoms with Crippen molar-refractivity contribution in [1.82, 2.24) is 5.32 Å². The summed E-state index contributed by atoms with van der Waals surface area (Å²) in [5.74, 6) is -2.07. The Morgan fingerprint density at radius 3 is 2.33 bits per heavy atom. The predicted molar refractivity (Wildman–Crippen MR) is 72.2 cm³/mol.